The van der Waals surface area contributed by atoms with Crippen molar-refractivity contribution in [2.24, 2.45) is 0 Å². The van der Waals surface area contributed by atoms with Crippen LogP contribution in [-0.4, -0.2) is 11.1 Å². The third-order valence-electron chi connectivity index (χ3n) is 1.80. The molecule has 2 aromatic heterocycles. The Balaban J connectivity index is 2.14. The van der Waals surface area contributed by atoms with Crippen LogP contribution >= 0.6 is 11.3 Å². The third-order valence-corrected chi connectivity index (χ3v) is 2.87. The van der Waals surface area contributed by atoms with Crippen LogP contribution in [0.2, 0.25) is 0 Å². The van der Waals surface area contributed by atoms with E-state index < -0.39 is 5.97 Å². The molecular formula is C10H8O3S. The van der Waals surface area contributed by atoms with E-state index in [0.29, 0.717) is 11.3 Å². The molecule has 0 unspecified atom stereocenters. The highest BCUT2D eigenvalue weighted by Gasteiger charge is 2.07. The second-order valence-electron chi connectivity index (χ2n) is 2.83. The van der Waals surface area contributed by atoms with Crippen LogP contribution in [0.5, 0.6) is 0 Å². The molecule has 0 spiro atoms. The molecule has 72 valence electrons. The van der Waals surface area contributed by atoms with Crippen LogP contribution in [0, 0.1) is 0 Å². The van der Waals surface area contributed by atoms with Crippen LogP contribution < -0.4 is 0 Å². The summed E-state index contributed by atoms with van der Waals surface area (Å²) in [4.78, 5) is 12.0. The summed E-state index contributed by atoms with van der Waals surface area (Å²) >= 11 is 1.28. The fraction of sp³-hybridized carbons (Fsp3) is 0.100. The highest BCUT2D eigenvalue weighted by molar-refractivity contribution is 7.13. The lowest BCUT2D eigenvalue weighted by Crippen LogP contribution is -1.89. The van der Waals surface area contributed by atoms with E-state index in [1.54, 1.807) is 12.3 Å². The van der Waals surface area contributed by atoms with Gasteiger partial charge < -0.3 is 9.52 Å². The molecule has 2 aromatic rings. The van der Waals surface area contributed by atoms with Gasteiger partial charge in [0.2, 0.25) is 0 Å². The van der Waals surface area contributed by atoms with Crippen molar-refractivity contribution in [3.05, 3.63) is 46.0 Å². The van der Waals surface area contributed by atoms with Crippen molar-refractivity contribution >= 4 is 17.3 Å². The summed E-state index contributed by atoms with van der Waals surface area (Å²) in [7, 11) is 0. The topological polar surface area (TPSA) is 50.4 Å². The van der Waals surface area contributed by atoms with Crippen LogP contribution in [-0.2, 0) is 6.42 Å². The van der Waals surface area contributed by atoms with Crippen LogP contribution in [0.15, 0.2) is 34.9 Å². The average molecular weight is 208 g/mol. The maximum absolute atomic E-state index is 10.6. The summed E-state index contributed by atoms with van der Waals surface area (Å²) in [6, 6.07) is 7.13. The number of hydrogen-bond donors (Lipinski definition) is 1. The van der Waals surface area contributed by atoms with E-state index in [0.717, 1.165) is 10.6 Å². The minimum atomic E-state index is -0.874. The van der Waals surface area contributed by atoms with Gasteiger partial charge >= 0.3 is 5.97 Å². The second-order valence-corrected chi connectivity index (χ2v) is 4.00. The summed E-state index contributed by atoms with van der Waals surface area (Å²) in [5.41, 5.74) is 0. The number of carboxylic acids is 1. The van der Waals surface area contributed by atoms with E-state index in [9.17, 15) is 4.79 Å². The standard InChI is InChI=1S/C10H8O3S/c11-10(12)9-4-3-8(14-9)6-7-2-1-5-13-7/h1-5H,6H2,(H,11,12). The third kappa shape index (κ3) is 1.85. The van der Waals surface area contributed by atoms with Crippen LogP contribution in [0.25, 0.3) is 0 Å². The van der Waals surface area contributed by atoms with Gasteiger partial charge in [0, 0.05) is 11.3 Å². The van der Waals surface area contributed by atoms with Crippen LogP contribution in [0.3, 0.4) is 0 Å². The predicted molar refractivity (Wildman–Crippen MR) is 52.8 cm³/mol. The number of hydrogen-bond acceptors (Lipinski definition) is 3. The molecule has 4 heteroatoms. The number of rotatable bonds is 3. The average Bonchev–Trinajstić information content (AvgIpc) is 2.75. The van der Waals surface area contributed by atoms with Crippen molar-refractivity contribution in [3.8, 4) is 0 Å². The monoisotopic (exact) mass is 208 g/mol. The van der Waals surface area contributed by atoms with E-state index in [2.05, 4.69) is 0 Å². The number of thiophene rings is 1. The minimum absolute atomic E-state index is 0.367. The first-order chi connectivity index (χ1) is 6.75. The fourth-order valence-electron chi connectivity index (χ4n) is 1.17. The molecule has 2 heterocycles. The van der Waals surface area contributed by atoms with E-state index in [4.69, 9.17) is 9.52 Å². The van der Waals surface area contributed by atoms with Gasteiger partial charge in [-0.25, -0.2) is 4.79 Å². The zero-order valence-electron chi connectivity index (χ0n) is 7.27. The Bertz CT molecular complexity index is 428. The molecule has 0 aliphatic carbocycles. The van der Waals surface area contributed by atoms with Crippen molar-refractivity contribution in [2.45, 2.75) is 6.42 Å². The first-order valence-corrected chi connectivity index (χ1v) is 4.92. The van der Waals surface area contributed by atoms with Crippen molar-refractivity contribution in [3.63, 3.8) is 0 Å². The smallest absolute Gasteiger partial charge is 0.345 e. The molecule has 0 fully saturated rings. The second kappa shape index (κ2) is 3.67. The van der Waals surface area contributed by atoms with E-state index in [-0.39, 0.29) is 0 Å². The maximum Gasteiger partial charge on any atom is 0.345 e. The van der Waals surface area contributed by atoms with Gasteiger partial charge in [-0.05, 0) is 24.3 Å². The largest absolute Gasteiger partial charge is 0.477 e. The van der Waals surface area contributed by atoms with Gasteiger partial charge in [0.25, 0.3) is 0 Å². The molecule has 1 N–H and O–H groups in total. The highest BCUT2D eigenvalue weighted by atomic mass is 32.1. The van der Waals surface area contributed by atoms with Crippen molar-refractivity contribution in [1.29, 1.82) is 0 Å². The predicted octanol–water partition coefficient (Wildman–Crippen LogP) is 2.63. The molecule has 0 saturated carbocycles. The Morgan fingerprint density at radius 2 is 2.29 bits per heavy atom. The first-order valence-electron chi connectivity index (χ1n) is 4.10. The summed E-state index contributed by atoms with van der Waals surface area (Å²) in [5, 5.41) is 8.71. The molecule has 0 amide bonds. The zero-order valence-corrected chi connectivity index (χ0v) is 8.08. The van der Waals surface area contributed by atoms with Gasteiger partial charge in [0.15, 0.2) is 0 Å². The number of furan rings is 1. The molecule has 2 rings (SSSR count). The minimum Gasteiger partial charge on any atom is -0.477 e. The molecule has 3 nitrogen and oxygen atoms in total. The molecule has 14 heavy (non-hydrogen) atoms. The maximum atomic E-state index is 10.6. The Labute approximate surface area is 84.6 Å². The quantitative estimate of drug-likeness (QED) is 0.843. The number of carboxylic acid groups (broad SMARTS) is 1. The zero-order chi connectivity index (χ0) is 9.97. The van der Waals surface area contributed by atoms with Gasteiger partial charge in [0.1, 0.15) is 10.6 Å². The molecule has 0 aromatic carbocycles. The van der Waals surface area contributed by atoms with E-state index in [1.165, 1.54) is 11.3 Å². The SMILES string of the molecule is O=C(O)c1ccc(Cc2ccco2)s1. The summed E-state index contributed by atoms with van der Waals surface area (Å²) in [5.74, 6) is -0.0236. The molecule has 0 aliphatic heterocycles. The lowest BCUT2D eigenvalue weighted by molar-refractivity contribution is 0.0702. The molecule has 0 bridgehead atoms. The van der Waals surface area contributed by atoms with E-state index in [1.807, 2.05) is 18.2 Å². The van der Waals surface area contributed by atoms with Gasteiger partial charge in [-0.3, -0.25) is 0 Å². The highest BCUT2D eigenvalue weighted by Crippen LogP contribution is 2.19. The van der Waals surface area contributed by atoms with Gasteiger partial charge in [-0.15, -0.1) is 11.3 Å². The Kier molecular flexibility index (Phi) is 2.37. The van der Waals surface area contributed by atoms with Crippen molar-refractivity contribution in [2.75, 3.05) is 0 Å². The molecule has 0 radical (unpaired) electrons. The first kappa shape index (κ1) is 9.02. The summed E-state index contributed by atoms with van der Waals surface area (Å²) in [6.07, 6.45) is 2.27. The molecule has 0 atom stereocenters. The Morgan fingerprint density at radius 1 is 1.43 bits per heavy atom. The number of carbonyl (C=O) groups is 1. The normalized spacial score (nSPS) is 10.3. The van der Waals surface area contributed by atoms with E-state index >= 15 is 0 Å². The molecular weight excluding hydrogens is 200 g/mol. The van der Waals surface area contributed by atoms with Gasteiger partial charge in [0.05, 0.1) is 6.26 Å². The Hall–Kier alpha value is -1.55. The van der Waals surface area contributed by atoms with Gasteiger partial charge in [-0.2, -0.15) is 0 Å². The Morgan fingerprint density at radius 3 is 2.86 bits per heavy atom. The van der Waals surface area contributed by atoms with Crippen molar-refractivity contribution < 1.29 is 14.3 Å². The number of aromatic carboxylic acids is 1. The van der Waals surface area contributed by atoms with Gasteiger partial charge in [-0.1, -0.05) is 0 Å². The van der Waals surface area contributed by atoms with Crippen LogP contribution in [0.1, 0.15) is 20.3 Å². The van der Waals surface area contributed by atoms with Crippen molar-refractivity contribution in [1.82, 2.24) is 0 Å². The molecule has 0 saturated heterocycles. The summed E-state index contributed by atoms with van der Waals surface area (Å²) < 4.78 is 5.17. The van der Waals surface area contributed by atoms with Crippen LogP contribution in [0.4, 0.5) is 0 Å². The lowest BCUT2D eigenvalue weighted by atomic mass is 10.3. The summed E-state index contributed by atoms with van der Waals surface area (Å²) in [6.45, 7) is 0. The molecule has 0 aliphatic rings. The lowest BCUT2D eigenvalue weighted by Gasteiger charge is -1.90. The fourth-order valence-corrected chi connectivity index (χ4v) is 2.03.